The number of carbonyl (C=O) groups excluding carboxylic acids is 1. The largest absolute Gasteiger partial charge is 0.385 e. The quantitative estimate of drug-likeness (QED) is 0.918. The molecule has 1 N–H and O–H groups in total. The SMILES string of the molecule is O=C(Cc1cccc(Cl)c1F)C(O)C1CCCCC1. The first-order valence-corrected chi connectivity index (χ1v) is 7.11. The number of aliphatic hydroxyl groups is 1. The molecule has 19 heavy (non-hydrogen) atoms. The third-order valence-corrected chi connectivity index (χ3v) is 4.11. The minimum Gasteiger partial charge on any atom is -0.385 e. The van der Waals surface area contributed by atoms with E-state index in [-0.39, 0.29) is 28.7 Å². The third-order valence-electron chi connectivity index (χ3n) is 3.82. The van der Waals surface area contributed by atoms with E-state index in [4.69, 9.17) is 11.6 Å². The fourth-order valence-electron chi connectivity index (χ4n) is 2.69. The van der Waals surface area contributed by atoms with Crippen molar-refractivity contribution >= 4 is 17.4 Å². The highest BCUT2D eigenvalue weighted by Gasteiger charge is 2.27. The van der Waals surface area contributed by atoms with Gasteiger partial charge in [-0.3, -0.25) is 4.79 Å². The van der Waals surface area contributed by atoms with Crippen LogP contribution in [0.2, 0.25) is 5.02 Å². The summed E-state index contributed by atoms with van der Waals surface area (Å²) in [6.07, 6.45) is 3.97. The number of halogens is 2. The molecule has 1 aromatic carbocycles. The standard InChI is InChI=1S/C15H18ClFO2/c16-12-8-4-7-11(14(12)17)9-13(18)15(19)10-5-2-1-3-6-10/h4,7-8,10,15,19H,1-3,5-6,9H2. The number of Topliss-reactive ketones (excluding diaryl/α,β-unsaturated/α-hetero) is 1. The Morgan fingerprint density at radius 3 is 2.74 bits per heavy atom. The van der Waals surface area contributed by atoms with Gasteiger partial charge in [0.05, 0.1) is 5.02 Å². The lowest BCUT2D eigenvalue weighted by Crippen LogP contribution is -2.32. The summed E-state index contributed by atoms with van der Waals surface area (Å²) < 4.78 is 13.7. The second-order valence-corrected chi connectivity index (χ2v) is 5.61. The molecule has 2 nitrogen and oxygen atoms in total. The lowest BCUT2D eigenvalue weighted by atomic mass is 9.83. The van der Waals surface area contributed by atoms with Crippen molar-refractivity contribution in [3.63, 3.8) is 0 Å². The van der Waals surface area contributed by atoms with E-state index < -0.39 is 11.9 Å². The number of carbonyl (C=O) groups is 1. The van der Waals surface area contributed by atoms with Gasteiger partial charge in [-0.05, 0) is 30.4 Å². The molecule has 104 valence electrons. The van der Waals surface area contributed by atoms with Crippen molar-refractivity contribution in [2.75, 3.05) is 0 Å². The summed E-state index contributed by atoms with van der Waals surface area (Å²) >= 11 is 5.68. The third kappa shape index (κ3) is 3.54. The molecule has 0 radical (unpaired) electrons. The Bertz CT molecular complexity index is 455. The molecular formula is C15H18ClFO2. The Morgan fingerprint density at radius 1 is 1.37 bits per heavy atom. The van der Waals surface area contributed by atoms with Gasteiger partial charge in [0.25, 0.3) is 0 Å². The molecule has 0 bridgehead atoms. The van der Waals surface area contributed by atoms with E-state index in [9.17, 15) is 14.3 Å². The van der Waals surface area contributed by atoms with Crippen LogP contribution < -0.4 is 0 Å². The number of aliphatic hydroxyl groups excluding tert-OH is 1. The summed E-state index contributed by atoms with van der Waals surface area (Å²) in [5, 5.41) is 10.1. The zero-order valence-electron chi connectivity index (χ0n) is 10.7. The highest BCUT2D eigenvalue weighted by atomic mass is 35.5. The molecule has 0 saturated heterocycles. The predicted octanol–water partition coefficient (Wildman–Crippen LogP) is 3.53. The van der Waals surface area contributed by atoms with Crippen molar-refractivity contribution in [2.24, 2.45) is 5.92 Å². The fraction of sp³-hybridized carbons (Fsp3) is 0.533. The molecule has 1 unspecified atom stereocenters. The van der Waals surface area contributed by atoms with Crippen LogP contribution in [-0.2, 0) is 11.2 Å². The van der Waals surface area contributed by atoms with Gasteiger partial charge in [-0.2, -0.15) is 0 Å². The van der Waals surface area contributed by atoms with Gasteiger partial charge in [0.2, 0.25) is 0 Å². The Labute approximate surface area is 117 Å². The van der Waals surface area contributed by atoms with Crippen LogP contribution in [0.4, 0.5) is 4.39 Å². The van der Waals surface area contributed by atoms with Crippen LogP contribution in [0.15, 0.2) is 18.2 Å². The van der Waals surface area contributed by atoms with Crippen molar-refractivity contribution < 1.29 is 14.3 Å². The second kappa shape index (κ2) is 6.49. The van der Waals surface area contributed by atoms with Crippen LogP contribution in [-0.4, -0.2) is 17.0 Å². The molecule has 1 atom stereocenters. The molecule has 1 fully saturated rings. The molecule has 0 heterocycles. The number of benzene rings is 1. The van der Waals surface area contributed by atoms with Crippen molar-refractivity contribution in [2.45, 2.75) is 44.6 Å². The van der Waals surface area contributed by atoms with Crippen molar-refractivity contribution in [1.29, 1.82) is 0 Å². The van der Waals surface area contributed by atoms with Gasteiger partial charge >= 0.3 is 0 Å². The van der Waals surface area contributed by atoms with Crippen molar-refractivity contribution in [1.82, 2.24) is 0 Å². The molecule has 0 aromatic heterocycles. The van der Waals surface area contributed by atoms with Gasteiger partial charge < -0.3 is 5.11 Å². The molecule has 0 aliphatic heterocycles. The molecule has 1 saturated carbocycles. The summed E-state index contributed by atoms with van der Waals surface area (Å²) in [7, 11) is 0. The van der Waals surface area contributed by atoms with E-state index in [1.807, 2.05) is 0 Å². The van der Waals surface area contributed by atoms with Gasteiger partial charge in [-0.15, -0.1) is 0 Å². The normalized spacial score (nSPS) is 18.3. The maximum Gasteiger partial charge on any atom is 0.166 e. The van der Waals surface area contributed by atoms with Crippen LogP contribution in [0.5, 0.6) is 0 Å². The maximum atomic E-state index is 13.7. The van der Waals surface area contributed by atoms with E-state index in [1.54, 1.807) is 6.07 Å². The molecule has 1 aliphatic carbocycles. The van der Waals surface area contributed by atoms with Crippen LogP contribution in [0, 0.1) is 11.7 Å². The van der Waals surface area contributed by atoms with Crippen LogP contribution in [0.3, 0.4) is 0 Å². The number of hydrogen-bond donors (Lipinski definition) is 1. The van der Waals surface area contributed by atoms with E-state index in [1.165, 1.54) is 18.6 Å². The van der Waals surface area contributed by atoms with Gasteiger partial charge in [-0.25, -0.2) is 4.39 Å². The van der Waals surface area contributed by atoms with Crippen LogP contribution >= 0.6 is 11.6 Å². The average molecular weight is 285 g/mol. The first kappa shape index (κ1) is 14.5. The van der Waals surface area contributed by atoms with Gasteiger partial charge in [0.15, 0.2) is 5.78 Å². The first-order chi connectivity index (χ1) is 9.09. The maximum absolute atomic E-state index is 13.7. The highest BCUT2D eigenvalue weighted by molar-refractivity contribution is 6.30. The number of ketones is 1. The Hall–Kier alpha value is -0.930. The zero-order valence-corrected chi connectivity index (χ0v) is 11.5. The summed E-state index contributed by atoms with van der Waals surface area (Å²) in [5.74, 6) is -0.843. The van der Waals surface area contributed by atoms with Gasteiger partial charge in [0, 0.05) is 6.42 Å². The van der Waals surface area contributed by atoms with Gasteiger partial charge in [0.1, 0.15) is 11.9 Å². The lowest BCUT2D eigenvalue weighted by molar-refractivity contribution is -0.129. The summed E-state index contributed by atoms with van der Waals surface area (Å²) in [6, 6.07) is 4.59. The monoisotopic (exact) mass is 284 g/mol. The fourth-order valence-corrected chi connectivity index (χ4v) is 2.88. The average Bonchev–Trinajstić information content (AvgIpc) is 2.44. The van der Waals surface area contributed by atoms with Gasteiger partial charge in [-0.1, -0.05) is 43.0 Å². The summed E-state index contributed by atoms with van der Waals surface area (Å²) in [6.45, 7) is 0. The molecule has 2 rings (SSSR count). The molecular weight excluding hydrogens is 267 g/mol. The van der Waals surface area contributed by atoms with Crippen molar-refractivity contribution in [3.8, 4) is 0 Å². The summed E-state index contributed by atoms with van der Waals surface area (Å²) in [5.41, 5.74) is 0.257. The Balaban J connectivity index is 2.01. The van der Waals surface area contributed by atoms with E-state index >= 15 is 0 Å². The Morgan fingerprint density at radius 2 is 2.05 bits per heavy atom. The predicted molar refractivity (Wildman–Crippen MR) is 72.7 cm³/mol. The molecule has 0 spiro atoms. The molecule has 1 aromatic rings. The zero-order chi connectivity index (χ0) is 13.8. The minimum atomic E-state index is -0.973. The number of rotatable bonds is 4. The van der Waals surface area contributed by atoms with Crippen LogP contribution in [0.1, 0.15) is 37.7 Å². The minimum absolute atomic E-state index is 0.0115. The molecule has 4 heteroatoms. The summed E-state index contributed by atoms with van der Waals surface area (Å²) in [4.78, 5) is 12.0. The van der Waals surface area contributed by atoms with Crippen molar-refractivity contribution in [3.05, 3.63) is 34.6 Å². The van der Waals surface area contributed by atoms with E-state index in [0.717, 1.165) is 25.7 Å². The topological polar surface area (TPSA) is 37.3 Å². The van der Waals surface area contributed by atoms with E-state index in [2.05, 4.69) is 0 Å². The smallest absolute Gasteiger partial charge is 0.166 e. The lowest BCUT2D eigenvalue weighted by Gasteiger charge is -2.25. The number of hydrogen-bond acceptors (Lipinski definition) is 2. The highest BCUT2D eigenvalue weighted by Crippen LogP contribution is 2.28. The first-order valence-electron chi connectivity index (χ1n) is 6.73. The second-order valence-electron chi connectivity index (χ2n) is 5.20. The van der Waals surface area contributed by atoms with Crippen LogP contribution in [0.25, 0.3) is 0 Å². The molecule has 0 amide bonds. The molecule has 1 aliphatic rings. The Kier molecular flexibility index (Phi) is 4.94. The van der Waals surface area contributed by atoms with E-state index in [0.29, 0.717) is 0 Å².